The summed E-state index contributed by atoms with van der Waals surface area (Å²) in [4.78, 5) is 52.3. The number of aryl methyl sites for hydroxylation is 1. The summed E-state index contributed by atoms with van der Waals surface area (Å²) in [6.45, 7) is 13.6. The van der Waals surface area contributed by atoms with Gasteiger partial charge in [0.1, 0.15) is 22.1 Å². The Morgan fingerprint density at radius 2 is 1.61 bits per heavy atom. The molecule has 3 aromatic heterocycles. The Bertz CT molecular complexity index is 1490. The Labute approximate surface area is 242 Å². The maximum absolute atomic E-state index is 13.2. The Morgan fingerprint density at radius 3 is 2.12 bits per heavy atom. The molecule has 3 rings (SSSR count). The number of Topliss-reactive ketones (excluding diaryl/α,β-unsaturated/α-hetero) is 1. The van der Waals surface area contributed by atoms with Crippen molar-refractivity contribution in [1.29, 1.82) is 5.41 Å². The predicted molar refractivity (Wildman–Crippen MR) is 152 cm³/mol. The standard InChI is InChI=1S/C27H34ClN7O6/c1-14-12-30-18(15(2)20(14)39-9)13-34-22-19(17(33-34)10-16(36)11-29)21(28)31-23(32-22)35(24(37)40-26(3,4)5)25(38)41-27(6,7)8/h11-12,29H,10,13H2,1-9H3. The topological polar surface area (TPSA) is 162 Å². The molecule has 220 valence electrons. The van der Waals surface area contributed by atoms with Crippen LogP contribution in [-0.2, 0) is 27.2 Å². The van der Waals surface area contributed by atoms with Gasteiger partial charge in [0.25, 0.3) is 0 Å². The van der Waals surface area contributed by atoms with E-state index in [1.54, 1.807) is 54.8 Å². The van der Waals surface area contributed by atoms with Crippen molar-refractivity contribution in [2.75, 3.05) is 12.0 Å². The van der Waals surface area contributed by atoms with Crippen LogP contribution in [0.3, 0.4) is 0 Å². The number of anilines is 1. The molecule has 13 nitrogen and oxygen atoms in total. The average Bonchev–Trinajstić information content (AvgIpc) is 3.16. The van der Waals surface area contributed by atoms with Gasteiger partial charge in [-0.1, -0.05) is 11.6 Å². The van der Waals surface area contributed by atoms with Crippen molar-refractivity contribution >= 4 is 52.8 Å². The summed E-state index contributed by atoms with van der Waals surface area (Å²) < 4.78 is 17.8. The van der Waals surface area contributed by atoms with E-state index in [1.807, 2.05) is 13.8 Å². The van der Waals surface area contributed by atoms with Crippen molar-refractivity contribution in [2.24, 2.45) is 0 Å². The molecule has 0 atom stereocenters. The molecule has 0 aliphatic carbocycles. The molecule has 0 radical (unpaired) electrons. The van der Waals surface area contributed by atoms with Gasteiger partial charge < -0.3 is 19.6 Å². The van der Waals surface area contributed by atoms with Crippen LogP contribution in [-0.4, -0.2) is 67.2 Å². The van der Waals surface area contributed by atoms with Crippen LogP contribution >= 0.6 is 11.6 Å². The van der Waals surface area contributed by atoms with Gasteiger partial charge in [-0.25, -0.2) is 14.3 Å². The largest absolute Gasteiger partial charge is 0.496 e. The molecular weight excluding hydrogens is 554 g/mol. The molecule has 0 aliphatic heterocycles. The minimum Gasteiger partial charge on any atom is -0.496 e. The van der Waals surface area contributed by atoms with Gasteiger partial charge in [0.05, 0.1) is 43.1 Å². The Kier molecular flexibility index (Phi) is 9.01. The molecule has 0 bridgehead atoms. The van der Waals surface area contributed by atoms with Crippen molar-refractivity contribution in [1.82, 2.24) is 24.7 Å². The molecule has 0 spiro atoms. The van der Waals surface area contributed by atoms with Crippen molar-refractivity contribution < 1.29 is 28.6 Å². The van der Waals surface area contributed by atoms with Gasteiger partial charge in [0.15, 0.2) is 11.4 Å². The van der Waals surface area contributed by atoms with E-state index in [0.29, 0.717) is 22.6 Å². The minimum atomic E-state index is -1.08. The zero-order chi connectivity index (χ0) is 30.9. The molecule has 0 unspecified atom stereocenters. The lowest BCUT2D eigenvalue weighted by molar-refractivity contribution is -0.112. The molecular formula is C27H34ClN7O6. The SMILES string of the molecule is COc1c(C)cnc(Cn2nc(CC(=O)C=N)c3c(Cl)nc(N(C(=O)OC(C)(C)C)C(=O)OC(C)(C)C)nc32)c1C. The quantitative estimate of drug-likeness (QED) is 0.294. The van der Waals surface area contributed by atoms with E-state index in [-0.39, 0.29) is 34.8 Å². The normalized spacial score (nSPS) is 11.8. The van der Waals surface area contributed by atoms with E-state index in [0.717, 1.165) is 11.1 Å². The van der Waals surface area contributed by atoms with Crippen molar-refractivity contribution in [3.63, 3.8) is 0 Å². The Balaban J connectivity index is 2.26. The summed E-state index contributed by atoms with van der Waals surface area (Å²) in [5.41, 5.74) is 0.608. The second kappa shape index (κ2) is 11.8. The summed E-state index contributed by atoms with van der Waals surface area (Å²) in [7, 11) is 1.56. The zero-order valence-corrected chi connectivity index (χ0v) is 25.3. The number of rotatable bonds is 7. The Hall–Kier alpha value is -4.13. The third kappa shape index (κ3) is 7.34. The highest BCUT2D eigenvalue weighted by Gasteiger charge is 2.36. The number of carbonyl (C=O) groups excluding carboxylic acids is 3. The van der Waals surface area contributed by atoms with Gasteiger partial charge in [0.2, 0.25) is 5.95 Å². The lowest BCUT2D eigenvalue weighted by Crippen LogP contribution is -2.44. The van der Waals surface area contributed by atoms with Gasteiger partial charge in [-0.2, -0.15) is 15.1 Å². The van der Waals surface area contributed by atoms with Crippen molar-refractivity contribution in [3.05, 3.63) is 33.9 Å². The maximum atomic E-state index is 13.2. The monoisotopic (exact) mass is 587 g/mol. The van der Waals surface area contributed by atoms with E-state index >= 15 is 0 Å². The highest BCUT2D eigenvalue weighted by molar-refractivity contribution is 6.35. The number of halogens is 1. The first-order valence-corrected chi connectivity index (χ1v) is 13.0. The summed E-state index contributed by atoms with van der Waals surface area (Å²) in [5, 5.41) is 11.9. The fourth-order valence-corrected chi connectivity index (χ4v) is 4.13. The minimum absolute atomic E-state index is 0.0728. The number of nitrogens with one attached hydrogen (secondary N) is 1. The maximum Gasteiger partial charge on any atom is 0.427 e. The van der Waals surface area contributed by atoms with Crippen LogP contribution in [0, 0.1) is 19.3 Å². The molecule has 0 saturated carbocycles. The number of ketones is 1. The molecule has 3 aromatic rings. The van der Waals surface area contributed by atoms with E-state index in [1.165, 1.54) is 4.68 Å². The lowest BCUT2D eigenvalue weighted by Gasteiger charge is -2.27. The number of aromatic nitrogens is 5. The molecule has 0 aromatic carbocycles. The van der Waals surface area contributed by atoms with Crippen LogP contribution in [0.5, 0.6) is 5.75 Å². The molecule has 14 heteroatoms. The second-order valence-electron chi connectivity index (χ2n) is 11.2. The van der Waals surface area contributed by atoms with Crippen LogP contribution in [0.15, 0.2) is 6.20 Å². The highest BCUT2D eigenvalue weighted by Crippen LogP contribution is 2.30. The molecule has 0 aliphatic rings. The molecule has 3 heterocycles. The number of nitrogens with zero attached hydrogens (tertiary/aromatic N) is 6. The third-order valence-electron chi connectivity index (χ3n) is 5.51. The summed E-state index contributed by atoms with van der Waals surface area (Å²) in [6, 6.07) is 0. The molecule has 1 N–H and O–H groups in total. The smallest absolute Gasteiger partial charge is 0.427 e. The molecule has 0 fully saturated rings. The van der Waals surface area contributed by atoms with E-state index < -0.39 is 35.1 Å². The summed E-state index contributed by atoms with van der Waals surface area (Å²) in [5.74, 6) is -0.282. The number of amides is 2. The third-order valence-corrected chi connectivity index (χ3v) is 5.79. The van der Waals surface area contributed by atoms with Gasteiger partial charge in [-0.15, -0.1) is 4.90 Å². The number of ether oxygens (including phenoxy) is 3. The van der Waals surface area contributed by atoms with Crippen LogP contribution in [0.4, 0.5) is 15.5 Å². The first-order chi connectivity index (χ1) is 19.0. The summed E-state index contributed by atoms with van der Waals surface area (Å²) in [6.07, 6.45) is -0.0635. The van der Waals surface area contributed by atoms with Gasteiger partial charge >= 0.3 is 12.2 Å². The number of hydrogen-bond donors (Lipinski definition) is 1. The number of pyridine rings is 1. The molecule has 41 heavy (non-hydrogen) atoms. The van der Waals surface area contributed by atoms with E-state index in [2.05, 4.69) is 20.1 Å². The fourth-order valence-electron chi connectivity index (χ4n) is 3.86. The number of methoxy groups -OCH3 is 1. The van der Waals surface area contributed by atoms with E-state index in [9.17, 15) is 14.4 Å². The molecule has 2 amide bonds. The average molecular weight is 588 g/mol. The number of carbonyl (C=O) groups is 3. The highest BCUT2D eigenvalue weighted by atomic mass is 35.5. The van der Waals surface area contributed by atoms with Crippen LogP contribution in [0.1, 0.15) is 64.1 Å². The number of hydrogen-bond acceptors (Lipinski definition) is 11. The van der Waals surface area contributed by atoms with Gasteiger partial charge in [-0.05, 0) is 55.4 Å². The lowest BCUT2D eigenvalue weighted by atomic mass is 10.1. The fraction of sp³-hybridized carbons (Fsp3) is 0.481. The predicted octanol–water partition coefficient (Wildman–Crippen LogP) is 4.99. The van der Waals surface area contributed by atoms with Crippen LogP contribution in [0.25, 0.3) is 11.0 Å². The van der Waals surface area contributed by atoms with Crippen LogP contribution < -0.4 is 9.64 Å². The van der Waals surface area contributed by atoms with Gasteiger partial charge in [0, 0.05) is 17.3 Å². The second-order valence-corrected chi connectivity index (χ2v) is 11.6. The summed E-state index contributed by atoms with van der Waals surface area (Å²) >= 11 is 6.59. The number of imide groups is 1. The molecule has 0 saturated heterocycles. The van der Waals surface area contributed by atoms with Crippen LogP contribution in [0.2, 0.25) is 5.15 Å². The van der Waals surface area contributed by atoms with Crippen molar-refractivity contribution in [3.8, 4) is 5.75 Å². The first kappa shape index (κ1) is 31.4. The zero-order valence-electron chi connectivity index (χ0n) is 24.6. The number of fused-ring (bicyclic) bond motifs is 1. The first-order valence-electron chi connectivity index (χ1n) is 12.7. The van der Waals surface area contributed by atoms with Crippen molar-refractivity contribution in [2.45, 2.75) is 79.6 Å². The Morgan fingerprint density at radius 1 is 1.02 bits per heavy atom. The van der Waals surface area contributed by atoms with E-state index in [4.69, 9.17) is 31.2 Å². The van der Waals surface area contributed by atoms with Gasteiger partial charge in [-0.3, -0.25) is 9.78 Å².